The van der Waals surface area contributed by atoms with Crippen molar-refractivity contribution in [2.75, 3.05) is 19.5 Å². The molecule has 1 fully saturated rings. The van der Waals surface area contributed by atoms with Crippen LogP contribution in [0.4, 0.5) is 5.82 Å². The number of nitrogens with one attached hydrogen (secondary N) is 1. The summed E-state index contributed by atoms with van der Waals surface area (Å²) >= 11 is 0. The summed E-state index contributed by atoms with van der Waals surface area (Å²) in [5.74, 6) is 3.51. The Kier molecular flexibility index (Phi) is 3.72. The Bertz CT molecular complexity index is 858. The second kappa shape index (κ2) is 6.03. The van der Waals surface area contributed by atoms with Gasteiger partial charge in [-0.25, -0.2) is 9.97 Å². The van der Waals surface area contributed by atoms with Gasteiger partial charge in [-0.1, -0.05) is 0 Å². The maximum absolute atomic E-state index is 5.42. The van der Waals surface area contributed by atoms with Gasteiger partial charge in [-0.15, -0.1) is 0 Å². The Morgan fingerprint density at radius 1 is 1.17 bits per heavy atom. The molecule has 2 aromatic heterocycles. The molecule has 0 bridgehead atoms. The Hall–Kier alpha value is -2.76. The van der Waals surface area contributed by atoms with Crippen LogP contribution in [0.15, 0.2) is 35.1 Å². The van der Waals surface area contributed by atoms with E-state index in [4.69, 9.17) is 23.9 Å². The van der Waals surface area contributed by atoms with Crippen LogP contribution in [0.1, 0.15) is 30.1 Å². The van der Waals surface area contributed by atoms with Crippen LogP contribution in [0.3, 0.4) is 0 Å². The van der Waals surface area contributed by atoms with Crippen molar-refractivity contribution in [3.05, 3.63) is 42.1 Å². The van der Waals surface area contributed by atoms with Crippen molar-refractivity contribution in [3.63, 3.8) is 0 Å². The molecule has 6 heteroatoms. The molecule has 0 aliphatic heterocycles. The first-order valence-corrected chi connectivity index (χ1v) is 7.97. The summed E-state index contributed by atoms with van der Waals surface area (Å²) in [6.45, 7) is 0.640. The molecule has 1 N–H and O–H groups in total. The average Bonchev–Trinajstić information content (AvgIpc) is 3.34. The van der Waals surface area contributed by atoms with E-state index in [9.17, 15) is 0 Å². The summed E-state index contributed by atoms with van der Waals surface area (Å²) in [5.41, 5.74) is 1.93. The summed E-state index contributed by atoms with van der Waals surface area (Å²) in [6, 6.07) is 5.76. The minimum Gasteiger partial charge on any atom is -0.493 e. The normalized spacial score (nSPS) is 13.9. The van der Waals surface area contributed by atoms with E-state index < -0.39 is 0 Å². The lowest BCUT2D eigenvalue weighted by Gasteiger charge is -2.13. The molecule has 124 valence electrons. The number of methoxy groups -OCH3 is 2. The van der Waals surface area contributed by atoms with Crippen molar-refractivity contribution in [1.29, 1.82) is 0 Å². The fourth-order valence-electron chi connectivity index (χ4n) is 2.71. The fourth-order valence-corrected chi connectivity index (χ4v) is 2.71. The van der Waals surface area contributed by atoms with Gasteiger partial charge in [0, 0.05) is 29.5 Å². The van der Waals surface area contributed by atoms with Gasteiger partial charge in [-0.3, -0.25) is 0 Å². The average molecular weight is 325 g/mol. The number of aromatic nitrogens is 2. The Morgan fingerprint density at radius 2 is 1.96 bits per heavy atom. The van der Waals surface area contributed by atoms with E-state index in [1.54, 1.807) is 26.7 Å². The number of fused-ring (bicyclic) bond motifs is 1. The topological polar surface area (TPSA) is 69.4 Å². The van der Waals surface area contributed by atoms with E-state index in [1.165, 1.54) is 0 Å². The van der Waals surface area contributed by atoms with Gasteiger partial charge in [0.1, 0.15) is 11.6 Å². The first-order chi connectivity index (χ1) is 11.8. The number of hydrogen-bond acceptors (Lipinski definition) is 6. The summed E-state index contributed by atoms with van der Waals surface area (Å²) in [7, 11) is 3.26. The molecule has 1 aromatic carbocycles. The predicted octanol–water partition coefficient (Wildman–Crippen LogP) is 3.73. The first kappa shape index (κ1) is 14.8. The van der Waals surface area contributed by atoms with Gasteiger partial charge in [0.05, 0.1) is 32.3 Å². The summed E-state index contributed by atoms with van der Waals surface area (Å²) in [6.07, 6.45) is 5.69. The molecule has 0 saturated heterocycles. The van der Waals surface area contributed by atoms with Crippen molar-refractivity contribution in [2.45, 2.75) is 25.3 Å². The number of rotatable bonds is 6. The first-order valence-electron chi connectivity index (χ1n) is 7.97. The largest absolute Gasteiger partial charge is 0.493 e. The third kappa shape index (κ3) is 2.75. The zero-order valence-corrected chi connectivity index (χ0v) is 13.7. The van der Waals surface area contributed by atoms with Crippen LogP contribution < -0.4 is 14.8 Å². The quantitative estimate of drug-likeness (QED) is 0.745. The van der Waals surface area contributed by atoms with E-state index in [2.05, 4.69) is 5.32 Å². The van der Waals surface area contributed by atoms with Gasteiger partial charge in [0.15, 0.2) is 11.5 Å². The molecular weight excluding hydrogens is 306 g/mol. The van der Waals surface area contributed by atoms with Crippen LogP contribution in [0, 0.1) is 0 Å². The van der Waals surface area contributed by atoms with E-state index in [0.29, 0.717) is 24.0 Å². The lowest BCUT2D eigenvalue weighted by molar-refractivity contribution is 0.356. The molecule has 0 spiro atoms. The molecule has 24 heavy (non-hydrogen) atoms. The van der Waals surface area contributed by atoms with Crippen LogP contribution in [-0.2, 0) is 6.54 Å². The van der Waals surface area contributed by atoms with Crippen molar-refractivity contribution >= 4 is 16.7 Å². The molecule has 2 heterocycles. The van der Waals surface area contributed by atoms with Crippen LogP contribution >= 0.6 is 0 Å². The maximum Gasteiger partial charge on any atom is 0.162 e. The number of anilines is 1. The van der Waals surface area contributed by atoms with Crippen LogP contribution in [0.25, 0.3) is 10.9 Å². The Labute approximate surface area is 139 Å². The van der Waals surface area contributed by atoms with Gasteiger partial charge in [0.2, 0.25) is 0 Å². The molecule has 6 nitrogen and oxygen atoms in total. The molecule has 0 unspecified atom stereocenters. The van der Waals surface area contributed by atoms with Crippen LogP contribution in [-0.4, -0.2) is 24.2 Å². The number of furan rings is 1. The highest BCUT2D eigenvalue weighted by Gasteiger charge is 2.28. The number of benzene rings is 1. The van der Waals surface area contributed by atoms with Gasteiger partial charge in [0.25, 0.3) is 0 Å². The van der Waals surface area contributed by atoms with E-state index in [1.807, 2.05) is 18.2 Å². The molecule has 3 aromatic rings. The number of ether oxygens (including phenoxy) is 2. The van der Waals surface area contributed by atoms with Crippen molar-refractivity contribution in [3.8, 4) is 11.5 Å². The molecule has 0 amide bonds. The lowest BCUT2D eigenvalue weighted by Crippen LogP contribution is -2.05. The second-order valence-corrected chi connectivity index (χ2v) is 5.91. The van der Waals surface area contributed by atoms with Gasteiger partial charge in [-0.2, -0.15) is 0 Å². The summed E-state index contributed by atoms with van der Waals surface area (Å²) in [5, 5.41) is 4.31. The van der Waals surface area contributed by atoms with Crippen molar-refractivity contribution in [2.24, 2.45) is 0 Å². The van der Waals surface area contributed by atoms with Gasteiger partial charge >= 0.3 is 0 Å². The minimum absolute atomic E-state index is 0.469. The number of nitrogens with zero attached hydrogens (tertiary/aromatic N) is 2. The molecule has 1 aliphatic carbocycles. The molecule has 1 saturated carbocycles. The minimum atomic E-state index is 0.469. The van der Waals surface area contributed by atoms with Crippen LogP contribution in [0.5, 0.6) is 11.5 Å². The fraction of sp³-hybridized carbons (Fsp3) is 0.333. The standard InChI is InChI=1S/C18H19N3O3/c1-22-15-7-13-14(8-16(15)23-2)20-17(12-3-4-12)21-18(13)19-9-11-5-6-24-10-11/h5-8,10,12H,3-4,9H2,1-2H3,(H,19,20,21). The zero-order chi connectivity index (χ0) is 16.5. The van der Waals surface area contributed by atoms with Crippen molar-refractivity contribution < 1.29 is 13.9 Å². The molecule has 0 atom stereocenters. The molecule has 1 aliphatic rings. The SMILES string of the molecule is COc1cc2nc(C3CC3)nc(NCc3ccoc3)c2cc1OC. The maximum atomic E-state index is 5.42. The van der Waals surface area contributed by atoms with Crippen molar-refractivity contribution in [1.82, 2.24) is 9.97 Å². The lowest BCUT2D eigenvalue weighted by atomic mass is 10.2. The third-order valence-electron chi connectivity index (χ3n) is 4.20. The summed E-state index contributed by atoms with van der Waals surface area (Å²) < 4.78 is 15.9. The highest BCUT2D eigenvalue weighted by molar-refractivity contribution is 5.92. The molecular formula is C18H19N3O3. The zero-order valence-electron chi connectivity index (χ0n) is 13.7. The second-order valence-electron chi connectivity index (χ2n) is 5.91. The van der Waals surface area contributed by atoms with E-state index in [-0.39, 0.29) is 0 Å². The van der Waals surface area contributed by atoms with Gasteiger partial charge in [-0.05, 0) is 25.0 Å². The monoisotopic (exact) mass is 325 g/mol. The smallest absolute Gasteiger partial charge is 0.162 e. The molecule has 4 rings (SSSR count). The predicted molar refractivity (Wildman–Crippen MR) is 90.7 cm³/mol. The summed E-state index contributed by atoms with van der Waals surface area (Å²) in [4.78, 5) is 9.47. The Balaban J connectivity index is 1.78. The van der Waals surface area contributed by atoms with E-state index >= 15 is 0 Å². The highest BCUT2D eigenvalue weighted by Crippen LogP contribution is 2.41. The number of hydrogen-bond donors (Lipinski definition) is 1. The van der Waals surface area contributed by atoms with Crippen LogP contribution in [0.2, 0.25) is 0 Å². The molecule has 0 radical (unpaired) electrons. The van der Waals surface area contributed by atoms with Gasteiger partial charge < -0.3 is 19.2 Å². The third-order valence-corrected chi connectivity index (χ3v) is 4.20. The Morgan fingerprint density at radius 3 is 2.62 bits per heavy atom. The highest BCUT2D eigenvalue weighted by atomic mass is 16.5. The van der Waals surface area contributed by atoms with E-state index in [0.717, 1.165) is 41.0 Å².